The van der Waals surface area contributed by atoms with Gasteiger partial charge in [0.05, 0.1) is 23.1 Å². The molecule has 3 aromatic heterocycles. The van der Waals surface area contributed by atoms with Crippen LogP contribution in [0, 0.1) is 11.3 Å². The number of pyridine rings is 1. The maximum Gasteiger partial charge on any atom is 0.233 e. The summed E-state index contributed by atoms with van der Waals surface area (Å²) >= 11 is 1.57. The molecule has 0 saturated heterocycles. The second-order valence-corrected chi connectivity index (χ2v) is 7.28. The Labute approximate surface area is 176 Å². The molecule has 0 bridgehead atoms. The Bertz CT molecular complexity index is 1210. The summed E-state index contributed by atoms with van der Waals surface area (Å²) in [7, 11) is 0. The molecule has 7 nitrogen and oxygen atoms in total. The number of hydrazone groups is 1. The number of furan rings is 1. The number of rotatable bonds is 6. The van der Waals surface area contributed by atoms with Crippen LogP contribution in [0.2, 0.25) is 0 Å². The lowest BCUT2D eigenvalue weighted by Gasteiger charge is -2.12. The molecule has 0 aliphatic heterocycles. The second-order valence-electron chi connectivity index (χ2n) is 6.34. The lowest BCUT2D eigenvalue weighted by atomic mass is 10.0. The average molecular weight is 415 g/mol. The van der Waals surface area contributed by atoms with E-state index < -0.39 is 0 Å². The number of hydrogen-bond acceptors (Lipinski definition) is 7. The van der Waals surface area contributed by atoms with Crippen LogP contribution in [-0.4, -0.2) is 10.8 Å². The van der Waals surface area contributed by atoms with Gasteiger partial charge in [-0.15, -0.1) is 11.3 Å². The van der Waals surface area contributed by atoms with E-state index in [4.69, 9.17) is 20.7 Å². The molecule has 0 atom stereocenters. The maximum atomic E-state index is 9.80. The third-order valence-electron chi connectivity index (χ3n) is 4.47. The van der Waals surface area contributed by atoms with Crippen LogP contribution in [0.5, 0.6) is 5.88 Å². The summed E-state index contributed by atoms with van der Waals surface area (Å²) in [6.45, 7) is 0.236. The molecule has 0 radical (unpaired) electrons. The van der Waals surface area contributed by atoms with Gasteiger partial charge in [-0.3, -0.25) is 0 Å². The first-order valence-electron chi connectivity index (χ1n) is 8.96. The molecule has 3 heterocycles. The molecule has 4 rings (SSSR count). The number of amidine groups is 1. The van der Waals surface area contributed by atoms with Gasteiger partial charge in [0, 0.05) is 16.7 Å². The fourth-order valence-electron chi connectivity index (χ4n) is 2.93. The minimum Gasteiger partial charge on any atom is -0.472 e. The number of hydrogen-bond donors (Lipinski definition) is 2. The number of benzene rings is 1. The molecule has 0 saturated carbocycles. The lowest BCUT2D eigenvalue weighted by Crippen LogP contribution is -2.15. The predicted molar refractivity (Wildman–Crippen MR) is 116 cm³/mol. The van der Waals surface area contributed by atoms with E-state index in [1.54, 1.807) is 29.9 Å². The van der Waals surface area contributed by atoms with Crippen LogP contribution in [0.15, 0.2) is 76.0 Å². The zero-order chi connectivity index (χ0) is 20.9. The molecule has 0 fully saturated rings. The third kappa shape index (κ3) is 3.87. The Morgan fingerprint density at radius 1 is 1.23 bits per heavy atom. The molecular weight excluding hydrogens is 398 g/mol. The number of nitrogens with two attached hydrogens (primary N) is 2. The molecule has 0 amide bonds. The summed E-state index contributed by atoms with van der Waals surface area (Å²) in [5.41, 5.74) is 9.91. The van der Waals surface area contributed by atoms with E-state index in [0.29, 0.717) is 11.1 Å². The van der Waals surface area contributed by atoms with E-state index in [9.17, 15) is 5.26 Å². The van der Waals surface area contributed by atoms with Gasteiger partial charge in [0.25, 0.3) is 0 Å². The Morgan fingerprint density at radius 3 is 2.70 bits per heavy atom. The van der Waals surface area contributed by atoms with Crippen molar-refractivity contribution < 1.29 is 9.15 Å². The maximum absolute atomic E-state index is 9.80. The van der Waals surface area contributed by atoms with Crippen LogP contribution in [0.4, 0.5) is 0 Å². The second kappa shape index (κ2) is 8.51. The van der Waals surface area contributed by atoms with Gasteiger partial charge in [-0.25, -0.2) is 4.98 Å². The minimum atomic E-state index is 0.236. The van der Waals surface area contributed by atoms with E-state index >= 15 is 0 Å². The standard InChI is InChI=1S/C22H17N5O2S/c23-11-18-17(16-7-8-28-13-16)10-19(20-2-1-9-30-20)26-22(18)29-12-14-3-5-15(6-4-14)21(24)27-25/h1-10,13H,12,25H2,(H2,24,27). The quantitative estimate of drug-likeness (QED) is 0.211. The minimum absolute atomic E-state index is 0.236. The van der Waals surface area contributed by atoms with Crippen molar-refractivity contribution >= 4 is 17.2 Å². The summed E-state index contributed by atoms with van der Waals surface area (Å²) in [6, 6.07) is 17.2. The third-order valence-corrected chi connectivity index (χ3v) is 5.36. The average Bonchev–Trinajstić information content (AvgIpc) is 3.51. The Balaban J connectivity index is 1.69. The molecule has 1 aromatic carbocycles. The molecule has 0 unspecified atom stereocenters. The van der Waals surface area contributed by atoms with Gasteiger partial charge < -0.3 is 20.7 Å². The van der Waals surface area contributed by atoms with Gasteiger partial charge in [-0.05, 0) is 29.1 Å². The van der Waals surface area contributed by atoms with Gasteiger partial charge in [-0.2, -0.15) is 10.4 Å². The fourth-order valence-corrected chi connectivity index (χ4v) is 3.61. The first-order valence-corrected chi connectivity index (χ1v) is 9.84. The highest BCUT2D eigenvalue weighted by molar-refractivity contribution is 7.13. The topological polar surface area (TPSA) is 123 Å². The largest absolute Gasteiger partial charge is 0.472 e. The van der Waals surface area contributed by atoms with E-state index in [0.717, 1.165) is 27.3 Å². The van der Waals surface area contributed by atoms with Crippen LogP contribution in [-0.2, 0) is 6.61 Å². The molecule has 4 N–H and O–H groups in total. The highest BCUT2D eigenvalue weighted by Crippen LogP contribution is 2.35. The lowest BCUT2D eigenvalue weighted by molar-refractivity contribution is 0.293. The van der Waals surface area contributed by atoms with E-state index in [-0.39, 0.29) is 18.3 Å². The Morgan fingerprint density at radius 2 is 2.07 bits per heavy atom. The highest BCUT2D eigenvalue weighted by Gasteiger charge is 2.18. The molecule has 30 heavy (non-hydrogen) atoms. The smallest absolute Gasteiger partial charge is 0.233 e. The zero-order valence-corrected chi connectivity index (χ0v) is 16.6. The van der Waals surface area contributed by atoms with E-state index in [1.165, 1.54) is 0 Å². The molecule has 4 aromatic rings. The van der Waals surface area contributed by atoms with Gasteiger partial charge in [0.1, 0.15) is 24.1 Å². The number of nitriles is 1. The highest BCUT2D eigenvalue weighted by atomic mass is 32.1. The molecule has 0 spiro atoms. The number of thiophene rings is 1. The molecular formula is C22H17N5O2S. The van der Waals surface area contributed by atoms with Crippen molar-refractivity contribution in [2.45, 2.75) is 6.61 Å². The van der Waals surface area contributed by atoms with Crippen LogP contribution < -0.4 is 16.3 Å². The number of nitrogens with zero attached hydrogens (tertiary/aromatic N) is 3. The molecule has 148 valence electrons. The van der Waals surface area contributed by atoms with Crippen LogP contribution in [0.25, 0.3) is 21.7 Å². The zero-order valence-electron chi connectivity index (χ0n) is 15.8. The van der Waals surface area contributed by atoms with Crippen molar-refractivity contribution in [2.75, 3.05) is 0 Å². The van der Waals surface area contributed by atoms with Crippen molar-refractivity contribution in [3.63, 3.8) is 0 Å². The Hall–Kier alpha value is -4.09. The summed E-state index contributed by atoms with van der Waals surface area (Å²) in [4.78, 5) is 5.59. The normalized spacial score (nSPS) is 11.2. The SMILES string of the molecule is N#Cc1c(-c2ccoc2)cc(-c2cccs2)nc1OCc1ccc(C(N)=NN)cc1. The summed E-state index contributed by atoms with van der Waals surface area (Å²) in [6.07, 6.45) is 3.17. The van der Waals surface area contributed by atoms with E-state index in [1.807, 2.05) is 47.8 Å². The summed E-state index contributed by atoms with van der Waals surface area (Å²) in [5.74, 6) is 5.74. The fraction of sp³-hybridized carbons (Fsp3) is 0.0455. The van der Waals surface area contributed by atoms with Crippen LogP contribution >= 0.6 is 11.3 Å². The van der Waals surface area contributed by atoms with Gasteiger partial charge in [0.15, 0.2) is 0 Å². The van der Waals surface area contributed by atoms with Crippen molar-refractivity contribution in [2.24, 2.45) is 16.7 Å². The van der Waals surface area contributed by atoms with Gasteiger partial charge in [0.2, 0.25) is 5.88 Å². The molecule has 8 heteroatoms. The monoisotopic (exact) mass is 415 g/mol. The molecule has 0 aliphatic rings. The molecule has 0 aliphatic carbocycles. The van der Waals surface area contributed by atoms with Crippen molar-refractivity contribution in [1.29, 1.82) is 5.26 Å². The first kappa shape index (κ1) is 19.2. The predicted octanol–water partition coefficient (Wildman–Crippen LogP) is 4.10. The summed E-state index contributed by atoms with van der Waals surface area (Å²) < 4.78 is 11.2. The number of aromatic nitrogens is 1. The Kier molecular flexibility index (Phi) is 5.46. The van der Waals surface area contributed by atoms with Crippen molar-refractivity contribution in [1.82, 2.24) is 4.98 Å². The van der Waals surface area contributed by atoms with Crippen LogP contribution in [0.1, 0.15) is 16.7 Å². The van der Waals surface area contributed by atoms with Crippen LogP contribution in [0.3, 0.4) is 0 Å². The van der Waals surface area contributed by atoms with Gasteiger partial charge in [-0.1, -0.05) is 30.3 Å². The van der Waals surface area contributed by atoms with E-state index in [2.05, 4.69) is 16.2 Å². The van der Waals surface area contributed by atoms with Crippen molar-refractivity contribution in [3.8, 4) is 33.6 Å². The summed E-state index contributed by atoms with van der Waals surface area (Å²) in [5, 5.41) is 15.3. The van der Waals surface area contributed by atoms with Gasteiger partial charge >= 0.3 is 0 Å². The van der Waals surface area contributed by atoms with Crippen molar-refractivity contribution in [3.05, 3.63) is 83.1 Å². The first-order chi connectivity index (χ1) is 14.7. The number of ether oxygens (including phenoxy) is 1.